The Balaban J connectivity index is 1.44. The summed E-state index contributed by atoms with van der Waals surface area (Å²) in [5.74, 6) is 0.0846. The predicted octanol–water partition coefficient (Wildman–Crippen LogP) is 3.37. The van der Waals surface area contributed by atoms with Gasteiger partial charge in [0.2, 0.25) is 0 Å². The molecule has 170 valence electrons. The number of ketones is 2. The third kappa shape index (κ3) is 2.19. The van der Waals surface area contributed by atoms with Gasteiger partial charge in [-0.15, -0.1) is 0 Å². The van der Waals surface area contributed by atoms with Crippen molar-refractivity contribution in [3.63, 3.8) is 0 Å². The molecule has 5 fully saturated rings. The minimum atomic E-state index is -0.991. The minimum Gasteiger partial charge on any atom is -0.377 e. The number of methoxy groups -OCH3 is 1. The first kappa shape index (κ1) is 20.5. The van der Waals surface area contributed by atoms with E-state index in [0.717, 1.165) is 32.1 Å². The molecule has 2 saturated heterocycles. The zero-order chi connectivity index (χ0) is 22.0. The van der Waals surface area contributed by atoms with Crippen LogP contribution in [0.2, 0.25) is 0 Å². The van der Waals surface area contributed by atoms with Crippen molar-refractivity contribution in [3.8, 4) is 0 Å². The van der Waals surface area contributed by atoms with Gasteiger partial charge in [0.05, 0.1) is 12.2 Å². The van der Waals surface area contributed by atoms with Gasteiger partial charge in [-0.3, -0.25) is 9.59 Å². The first-order valence-corrected chi connectivity index (χ1v) is 11.9. The van der Waals surface area contributed by atoms with E-state index in [2.05, 4.69) is 13.8 Å². The smallest absolute Gasteiger partial charge is 0.193 e. The quantitative estimate of drug-likeness (QED) is 0.639. The molecule has 0 amide bonds. The summed E-state index contributed by atoms with van der Waals surface area (Å²) in [7, 11) is 1.56. The lowest BCUT2D eigenvalue weighted by molar-refractivity contribution is -0.212. The summed E-state index contributed by atoms with van der Waals surface area (Å²) in [5.41, 5.74) is -0.365. The fraction of sp³-hybridized carbons (Fsp3) is 0.840. The highest BCUT2D eigenvalue weighted by Crippen LogP contribution is 2.77. The van der Waals surface area contributed by atoms with Crippen molar-refractivity contribution in [3.05, 3.63) is 11.6 Å². The second kappa shape index (κ2) is 5.88. The van der Waals surface area contributed by atoms with Gasteiger partial charge >= 0.3 is 0 Å². The topological polar surface area (TPSA) is 74.4 Å². The largest absolute Gasteiger partial charge is 0.377 e. The molecular formula is C25H34O6. The lowest BCUT2D eigenvalue weighted by Gasteiger charge is -2.57. The molecule has 31 heavy (non-hydrogen) atoms. The second-order valence-corrected chi connectivity index (χ2v) is 11.7. The van der Waals surface area contributed by atoms with Gasteiger partial charge in [0.1, 0.15) is 12.2 Å². The Bertz CT molecular complexity index is 908. The van der Waals surface area contributed by atoms with Gasteiger partial charge < -0.3 is 18.9 Å². The van der Waals surface area contributed by atoms with E-state index in [1.807, 2.05) is 19.9 Å². The Morgan fingerprint density at radius 1 is 1.13 bits per heavy atom. The molecule has 4 aliphatic carbocycles. The van der Waals surface area contributed by atoms with Crippen LogP contribution in [0, 0.1) is 22.7 Å². The number of hydrogen-bond donors (Lipinski definition) is 0. The van der Waals surface area contributed by atoms with Crippen LogP contribution in [0.25, 0.3) is 0 Å². The van der Waals surface area contributed by atoms with Crippen molar-refractivity contribution >= 4 is 11.6 Å². The average Bonchev–Trinajstić information content (AvgIpc) is 3.26. The minimum absolute atomic E-state index is 0.00501. The molecule has 0 bridgehead atoms. The second-order valence-electron chi connectivity index (χ2n) is 11.7. The van der Waals surface area contributed by atoms with Gasteiger partial charge in [-0.2, -0.15) is 0 Å². The van der Waals surface area contributed by atoms with Crippen LogP contribution in [0.15, 0.2) is 11.6 Å². The number of rotatable bonds is 3. The summed E-state index contributed by atoms with van der Waals surface area (Å²) in [6.07, 6.45) is 6.75. The van der Waals surface area contributed by atoms with Crippen molar-refractivity contribution in [1.29, 1.82) is 0 Å². The number of hydrogen-bond acceptors (Lipinski definition) is 6. The molecule has 0 aromatic rings. The molecule has 0 aromatic heterocycles. The Hall–Kier alpha value is -1.08. The first-order valence-electron chi connectivity index (χ1n) is 11.9. The summed E-state index contributed by atoms with van der Waals surface area (Å²) in [5, 5.41) is 0. The Morgan fingerprint density at radius 3 is 2.65 bits per heavy atom. The Labute approximate surface area is 184 Å². The summed E-state index contributed by atoms with van der Waals surface area (Å²) in [4.78, 5) is 25.7. The molecule has 6 heteroatoms. The zero-order valence-electron chi connectivity index (χ0n) is 19.3. The number of carbonyl (C=O) groups is 2. The molecule has 8 atom stereocenters. The van der Waals surface area contributed by atoms with E-state index in [4.69, 9.17) is 18.9 Å². The van der Waals surface area contributed by atoms with Crippen molar-refractivity contribution in [1.82, 2.24) is 0 Å². The van der Waals surface area contributed by atoms with Crippen LogP contribution in [0.5, 0.6) is 0 Å². The van der Waals surface area contributed by atoms with Crippen LogP contribution in [0.4, 0.5) is 0 Å². The lowest BCUT2D eigenvalue weighted by atomic mass is 9.46. The molecule has 0 N–H and O–H groups in total. The van der Waals surface area contributed by atoms with E-state index in [9.17, 15) is 9.59 Å². The third-order valence-corrected chi connectivity index (χ3v) is 10.0. The van der Waals surface area contributed by atoms with E-state index in [1.54, 1.807) is 7.11 Å². The SMILES string of the molecule is COCC(=O)[C@@]12OC(C)(C)O[C@@H]1CC1C3CCC4=CC(=O)CCC4(C)[C@@]34O[C@H]4CC12C. The van der Waals surface area contributed by atoms with E-state index in [-0.39, 0.29) is 52.7 Å². The summed E-state index contributed by atoms with van der Waals surface area (Å²) in [6.45, 7) is 8.40. The number of ether oxygens (including phenoxy) is 4. The van der Waals surface area contributed by atoms with Crippen molar-refractivity contribution < 1.29 is 28.5 Å². The fourth-order valence-corrected chi connectivity index (χ4v) is 8.85. The molecule has 1 spiro atoms. The summed E-state index contributed by atoms with van der Waals surface area (Å²) >= 11 is 0. The number of Topliss-reactive ketones (excluding diaryl/α,β-unsaturated/α-hetero) is 1. The van der Waals surface area contributed by atoms with E-state index in [0.29, 0.717) is 12.3 Å². The zero-order valence-corrected chi connectivity index (χ0v) is 19.3. The highest BCUT2D eigenvalue weighted by molar-refractivity contribution is 5.92. The van der Waals surface area contributed by atoms with Gasteiger partial charge in [0, 0.05) is 24.4 Å². The maximum Gasteiger partial charge on any atom is 0.193 e. The predicted molar refractivity (Wildman–Crippen MR) is 111 cm³/mol. The third-order valence-electron chi connectivity index (χ3n) is 10.0. The van der Waals surface area contributed by atoms with Crippen LogP contribution < -0.4 is 0 Å². The highest BCUT2D eigenvalue weighted by Gasteiger charge is 2.84. The van der Waals surface area contributed by atoms with E-state index >= 15 is 0 Å². The molecule has 4 unspecified atom stereocenters. The number of fused-ring (bicyclic) bond motifs is 5. The van der Waals surface area contributed by atoms with Crippen molar-refractivity contribution in [2.24, 2.45) is 22.7 Å². The van der Waals surface area contributed by atoms with Crippen molar-refractivity contribution in [2.75, 3.05) is 13.7 Å². The van der Waals surface area contributed by atoms with E-state index < -0.39 is 11.4 Å². The van der Waals surface area contributed by atoms with Gasteiger partial charge in [-0.25, -0.2) is 0 Å². The summed E-state index contributed by atoms with van der Waals surface area (Å²) in [6, 6.07) is 0. The van der Waals surface area contributed by atoms with Crippen LogP contribution in [-0.4, -0.2) is 54.5 Å². The van der Waals surface area contributed by atoms with Crippen LogP contribution in [0.1, 0.15) is 66.2 Å². The summed E-state index contributed by atoms with van der Waals surface area (Å²) < 4.78 is 24.9. The van der Waals surface area contributed by atoms with Gasteiger partial charge in [0.15, 0.2) is 23.0 Å². The average molecular weight is 431 g/mol. The Kier molecular flexibility index (Phi) is 3.89. The molecule has 6 rings (SSSR count). The molecule has 2 heterocycles. The van der Waals surface area contributed by atoms with Gasteiger partial charge in [-0.05, 0) is 63.9 Å². The van der Waals surface area contributed by atoms with Gasteiger partial charge in [-0.1, -0.05) is 19.4 Å². The number of carbonyl (C=O) groups excluding carboxylic acids is 2. The normalized spacial score (nSPS) is 53.6. The Morgan fingerprint density at radius 2 is 1.90 bits per heavy atom. The first-order chi connectivity index (χ1) is 14.5. The van der Waals surface area contributed by atoms with Crippen LogP contribution in [0.3, 0.4) is 0 Å². The lowest BCUT2D eigenvalue weighted by Crippen LogP contribution is -2.63. The fourth-order valence-electron chi connectivity index (χ4n) is 8.85. The molecular weight excluding hydrogens is 396 g/mol. The van der Waals surface area contributed by atoms with E-state index in [1.165, 1.54) is 5.57 Å². The highest BCUT2D eigenvalue weighted by atomic mass is 16.8. The molecule has 3 saturated carbocycles. The molecule has 6 nitrogen and oxygen atoms in total. The molecule has 2 aliphatic heterocycles. The molecule has 0 radical (unpaired) electrons. The standard InChI is InChI=1S/C25H34O6/c1-21(2)29-19-11-17-16-7-6-14-10-15(26)8-9-22(14,3)24(16)20(30-24)12-23(17,4)25(19,31-21)18(27)13-28-5/h10,16-17,19-20H,6-9,11-13H2,1-5H3/t16?,17?,19-,20+,22?,23?,24-,25-/m1/s1. The number of epoxide rings is 1. The molecule has 6 aliphatic rings. The van der Waals surface area contributed by atoms with Crippen LogP contribution in [-0.2, 0) is 28.5 Å². The molecule has 0 aromatic carbocycles. The monoisotopic (exact) mass is 430 g/mol. The van der Waals surface area contributed by atoms with Crippen LogP contribution >= 0.6 is 0 Å². The van der Waals surface area contributed by atoms with Gasteiger partial charge in [0.25, 0.3) is 0 Å². The maximum absolute atomic E-state index is 13.6. The maximum atomic E-state index is 13.6. The van der Waals surface area contributed by atoms with Crippen molar-refractivity contribution in [2.45, 2.75) is 95.4 Å².